The number of benzene rings is 2. The predicted molar refractivity (Wildman–Crippen MR) is 92.8 cm³/mol. The van der Waals surface area contributed by atoms with E-state index in [4.69, 9.17) is 4.42 Å². The maximum atomic E-state index is 6.25. The van der Waals surface area contributed by atoms with Gasteiger partial charge in [0.25, 0.3) is 5.65 Å². The predicted octanol–water partition coefficient (Wildman–Crippen LogP) is 4.86. The number of fused-ring (bicyclic) bond motifs is 8. The van der Waals surface area contributed by atoms with Gasteiger partial charge in [0, 0.05) is 5.39 Å². The van der Waals surface area contributed by atoms with E-state index in [2.05, 4.69) is 71.6 Å². The molecule has 0 saturated heterocycles. The van der Waals surface area contributed by atoms with Crippen molar-refractivity contribution >= 4 is 38.5 Å². The van der Waals surface area contributed by atoms with Gasteiger partial charge in [-0.25, -0.2) is 4.57 Å². The van der Waals surface area contributed by atoms with Crippen molar-refractivity contribution in [3.8, 4) is 0 Å². The highest BCUT2D eigenvalue weighted by Gasteiger charge is 2.24. The third kappa shape index (κ3) is 1.57. The average Bonchev–Trinajstić information content (AvgIpc) is 3.16. The summed E-state index contributed by atoms with van der Waals surface area (Å²) in [6, 6.07) is 17.1. The second-order valence-corrected chi connectivity index (χ2v) is 6.31. The molecule has 0 radical (unpaired) electrons. The Morgan fingerprint density at radius 1 is 0.957 bits per heavy atom. The van der Waals surface area contributed by atoms with Crippen LogP contribution in [0.15, 0.2) is 65.3 Å². The summed E-state index contributed by atoms with van der Waals surface area (Å²) >= 11 is 0. The van der Waals surface area contributed by atoms with Gasteiger partial charge < -0.3 is 4.42 Å². The Kier molecular flexibility index (Phi) is 2.41. The first-order valence-corrected chi connectivity index (χ1v) is 8.00. The third-order valence-corrected chi connectivity index (χ3v) is 4.63. The van der Waals surface area contributed by atoms with Crippen LogP contribution in [-0.2, 0) is 0 Å². The molecule has 0 spiro atoms. The lowest BCUT2D eigenvalue weighted by Crippen LogP contribution is -2.34. The first kappa shape index (κ1) is 12.7. The number of para-hydroxylation sites is 2. The Hall–Kier alpha value is -2.81. The Bertz CT molecular complexity index is 1190. The van der Waals surface area contributed by atoms with E-state index in [0.29, 0.717) is 6.04 Å². The maximum absolute atomic E-state index is 6.25. The number of rotatable bonds is 1. The van der Waals surface area contributed by atoms with Crippen LogP contribution in [0, 0.1) is 0 Å². The van der Waals surface area contributed by atoms with Gasteiger partial charge in [0.2, 0.25) is 0 Å². The number of aromatic nitrogens is 2. The molecule has 0 N–H and O–H groups in total. The van der Waals surface area contributed by atoms with Crippen LogP contribution in [0.2, 0.25) is 0 Å². The largest absolute Gasteiger partial charge is 0.455 e. The maximum Gasteiger partial charge on any atom is 0.298 e. The second-order valence-electron chi connectivity index (χ2n) is 6.31. The second kappa shape index (κ2) is 4.35. The van der Waals surface area contributed by atoms with Crippen molar-refractivity contribution in [2.75, 3.05) is 0 Å². The molecule has 0 unspecified atom stereocenters. The lowest BCUT2D eigenvalue weighted by Gasteiger charge is -2.04. The van der Waals surface area contributed by atoms with Crippen LogP contribution in [-0.4, -0.2) is 4.40 Å². The van der Waals surface area contributed by atoms with E-state index in [1.54, 1.807) is 0 Å². The molecule has 3 heteroatoms. The zero-order chi connectivity index (χ0) is 15.6. The first-order chi connectivity index (χ1) is 11.3. The highest BCUT2D eigenvalue weighted by molar-refractivity contribution is 6.19. The molecule has 5 rings (SSSR count). The molecule has 0 aliphatic heterocycles. The Morgan fingerprint density at radius 2 is 1.70 bits per heavy atom. The molecule has 0 fully saturated rings. The lowest BCUT2D eigenvalue weighted by atomic mass is 10.1. The normalized spacial score (nSPS) is 12.3. The van der Waals surface area contributed by atoms with E-state index >= 15 is 0 Å². The van der Waals surface area contributed by atoms with Crippen LogP contribution < -0.4 is 4.57 Å². The van der Waals surface area contributed by atoms with Crippen LogP contribution in [0.1, 0.15) is 19.9 Å². The van der Waals surface area contributed by atoms with Crippen LogP contribution in [0.25, 0.3) is 38.5 Å². The minimum absolute atomic E-state index is 0.387. The zero-order valence-electron chi connectivity index (χ0n) is 13.2. The van der Waals surface area contributed by atoms with E-state index in [0.717, 1.165) is 16.6 Å². The van der Waals surface area contributed by atoms with Gasteiger partial charge in [-0.1, -0.05) is 30.3 Å². The van der Waals surface area contributed by atoms with E-state index in [1.165, 1.54) is 21.9 Å². The van der Waals surface area contributed by atoms with Crippen molar-refractivity contribution in [1.82, 2.24) is 4.40 Å². The SMILES string of the molecule is CC(C)[n+]1ccn2c3ccccc3c3oc4ccccc4c3c21. The van der Waals surface area contributed by atoms with Gasteiger partial charge in [0.1, 0.15) is 28.9 Å². The summed E-state index contributed by atoms with van der Waals surface area (Å²) in [5.41, 5.74) is 4.28. The summed E-state index contributed by atoms with van der Waals surface area (Å²) in [5.74, 6) is 0. The van der Waals surface area contributed by atoms with Crippen molar-refractivity contribution in [3.05, 3.63) is 60.9 Å². The van der Waals surface area contributed by atoms with Gasteiger partial charge in [-0.3, -0.25) is 0 Å². The molecule has 0 saturated carbocycles. The van der Waals surface area contributed by atoms with Crippen LogP contribution in [0.5, 0.6) is 0 Å². The third-order valence-electron chi connectivity index (χ3n) is 4.63. The van der Waals surface area contributed by atoms with Crippen molar-refractivity contribution < 1.29 is 8.98 Å². The van der Waals surface area contributed by atoms with Crippen molar-refractivity contribution in [1.29, 1.82) is 0 Å². The highest BCUT2D eigenvalue weighted by Crippen LogP contribution is 2.36. The van der Waals surface area contributed by atoms with Crippen molar-refractivity contribution in [2.24, 2.45) is 0 Å². The van der Waals surface area contributed by atoms with E-state index in [9.17, 15) is 0 Å². The highest BCUT2D eigenvalue weighted by atomic mass is 16.3. The first-order valence-electron chi connectivity index (χ1n) is 8.00. The molecular formula is C20H17N2O+. The van der Waals surface area contributed by atoms with Gasteiger partial charge in [0.05, 0.1) is 11.4 Å². The minimum Gasteiger partial charge on any atom is -0.455 e. The fourth-order valence-electron chi connectivity index (χ4n) is 3.60. The van der Waals surface area contributed by atoms with Crippen molar-refractivity contribution in [3.63, 3.8) is 0 Å². The number of pyridine rings is 1. The molecule has 23 heavy (non-hydrogen) atoms. The molecule has 5 aromatic rings. The number of hydrogen-bond donors (Lipinski definition) is 0. The van der Waals surface area contributed by atoms with Crippen LogP contribution >= 0.6 is 0 Å². The van der Waals surface area contributed by atoms with E-state index < -0.39 is 0 Å². The zero-order valence-corrected chi connectivity index (χ0v) is 13.2. The molecule has 0 bridgehead atoms. The molecule has 112 valence electrons. The average molecular weight is 301 g/mol. The minimum atomic E-state index is 0.387. The Labute approximate surface area is 133 Å². The van der Waals surface area contributed by atoms with E-state index in [-0.39, 0.29) is 0 Å². The van der Waals surface area contributed by atoms with Crippen LogP contribution in [0.4, 0.5) is 0 Å². The summed E-state index contributed by atoms with van der Waals surface area (Å²) in [7, 11) is 0. The van der Waals surface area contributed by atoms with E-state index in [1.807, 2.05) is 12.1 Å². The molecule has 3 heterocycles. The molecule has 2 aromatic carbocycles. The summed E-state index contributed by atoms with van der Waals surface area (Å²) in [6.45, 7) is 4.42. The summed E-state index contributed by atoms with van der Waals surface area (Å²) in [5, 5.41) is 3.52. The Morgan fingerprint density at radius 3 is 2.52 bits per heavy atom. The smallest absolute Gasteiger partial charge is 0.298 e. The standard InChI is InChI=1S/C20H17N2O/c1-13(2)21-11-12-22-16-9-5-3-7-14(16)19-18(20(21)22)15-8-4-6-10-17(15)23-19/h3-13H,1-2H3/q+1. The van der Waals surface area contributed by atoms with Gasteiger partial charge >= 0.3 is 0 Å². The topological polar surface area (TPSA) is 21.4 Å². The molecule has 3 aromatic heterocycles. The molecule has 0 amide bonds. The molecule has 0 aliphatic rings. The molecule has 0 aliphatic carbocycles. The van der Waals surface area contributed by atoms with Gasteiger partial charge in [0.15, 0.2) is 5.58 Å². The fraction of sp³-hybridized carbons (Fsp3) is 0.150. The number of imidazole rings is 1. The lowest BCUT2D eigenvalue weighted by molar-refractivity contribution is -0.690. The van der Waals surface area contributed by atoms with Gasteiger partial charge in [-0.2, -0.15) is 4.40 Å². The number of furan rings is 1. The Balaban J connectivity index is 2.20. The summed E-state index contributed by atoms with van der Waals surface area (Å²) < 4.78 is 10.8. The quantitative estimate of drug-likeness (QED) is 0.405. The number of hydrogen-bond acceptors (Lipinski definition) is 1. The molecular weight excluding hydrogens is 284 g/mol. The molecule has 3 nitrogen and oxygen atoms in total. The summed E-state index contributed by atoms with van der Waals surface area (Å²) in [6.07, 6.45) is 4.31. The monoisotopic (exact) mass is 301 g/mol. The summed E-state index contributed by atoms with van der Waals surface area (Å²) in [4.78, 5) is 0. The number of nitrogens with zero attached hydrogens (tertiary/aromatic N) is 2. The van der Waals surface area contributed by atoms with Crippen LogP contribution in [0.3, 0.4) is 0 Å². The van der Waals surface area contributed by atoms with Gasteiger partial charge in [-0.05, 0) is 32.0 Å². The van der Waals surface area contributed by atoms with Crippen molar-refractivity contribution in [2.45, 2.75) is 19.9 Å². The fourth-order valence-corrected chi connectivity index (χ4v) is 3.60. The van der Waals surface area contributed by atoms with Gasteiger partial charge in [-0.15, -0.1) is 0 Å². The molecule has 0 atom stereocenters.